The highest BCUT2D eigenvalue weighted by atomic mass is 32.1. The molecule has 112 valence electrons. The van der Waals surface area contributed by atoms with Crippen molar-refractivity contribution in [3.8, 4) is 0 Å². The second kappa shape index (κ2) is 5.91. The maximum atomic E-state index is 3.70. The first-order valence-electron chi connectivity index (χ1n) is 7.65. The van der Waals surface area contributed by atoms with Crippen LogP contribution >= 0.6 is 11.3 Å². The molecule has 2 nitrogen and oxygen atoms in total. The van der Waals surface area contributed by atoms with Gasteiger partial charge in [0.05, 0.1) is 0 Å². The molecule has 2 aromatic rings. The lowest BCUT2D eigenvalue weighted by molar-refractivity contribution is 0.0596. The molecule has 2 unspecified atom stereocenters. The summed E-state index contributed by atoms with van der Waals surface area (Å²) in [6.45, 7) is 8.98. The van der Waals surface area contributed by atoms with Gasteiger partial charge in [0.15, 0.2) is 0 Å². The fourth-order valence-electron chi connectivity index (χ4n) is 3.21. The molecule has 0 amide bonds. The molecule has 0 saturated carbocycles. The van der Waals surface area contributed by atoms with Crippen molar-refractivity contribution in [1.82, 2.24) is 10.2 Å². The molecule has 1 aromatic heterocycles. The zero-order chi connectivity index (χ0) is 14.9. The van der Waals surface area contributed by atoms with E-state index in [0.29, 0.717) is 12.1 Å². The Bertz CT molecular complexity index is 562. The van der Waals surface area contributed by atoms with Crippen LogP contribution in [0.25, 0.3) is 0 Å². The third-order valence-electron chi connectivity index (χ3n) is 4.46. The molecule has 1 N–H and O–H groups in total. The van der Waals surface area contributed by atoms with Gasteiger partial charge in [-0.1, -0.05) is 30.3 Å². The highest BCUT2D eigenvalue weighted by molar-refractivity contribution is 7.07. The van der Waals surface area contributed by atoms with E-state index in [1.54, 1.807) is 11.3 Å². The van der Waals surface area contributed by atoms with Crippen molar-refractivity contribution in [2.24, 2.45) is 0 Å². The number of nitrogens with zero attached hydrogens (tertiary/aromatic N) is 1. The average molecular weight is 300 g/mol. The Hall–Kier alpha value is -1.16. The van der Waals surface area contributed by atoms with Gasteiger partial charge in [0.25, 0.3) is 0 Å². The van der Waals surface area contributed by atoms with Gasteiger partial charge in [-0.05, 0) is 48.7 Å². The molecule has 3 heteroatoms. The monoisotopic (exact) mass is 300 g/mol. The lowest BCUT2D eigenvalue weighted by atomic mass is 9.92. The van der Waals surface area contributed by atoms with Crippen LogP contribution in [0.2, 0.25) is 0 Å². The molecule has 1 fully saturated rings. The van der Waals surface area contributed by atoms with E-state index in [-0.39, 0.29) is 5.54 Å². The number of piperazine rings is 1. The van der Waals surface area contributed by atoms with Crippen molar-refractivity contribution < 1.29 is 0 Å². The van der Waals surface area contributed by atoms with Gasteiger partial charge in [0.1, 0.15) is 0 Å². The minimum Gasteiger partial charge on any atom is -0.309 e. The van der Waals surface area contributed by atoms with Crippen LogP contribution in [0.15, 0.2) is 47.2 Å². The van der Waals surface area contributed by atoms with Crippen LogP contribution < -0.4 is 5.32 Å². The van der Waals surface area contributed by atoms with Gasteiger partial charge < -0.3 is 5.32 Å². The second-order valence-corrected chi connectivity index (χ2v) is 7.38. The molecule has 3 rings (SSSR count). The quantitative estimate of drug-likeness (QED) is 0.912. The highest BCUT2D eigenvalue weighted by Crippen LogP contribution is 2.35. The maximum Gasteiger partial charge on any atom is 0.0479 e. The maximum absolute atomic E-state index is 3.70. The van der Waals surface area contributed by atoms with Crippen LogP contribution in [0, 0.1) is 0 Å². The highest BCUT2D eigenvalue weighted by Gasteiger charge is 2.36. The second-order valence-electron chi connectivity index (χ2n) is 6.60. The summed E-state index contributed by atoms with van der Waals surface area (Å²) in [5.74, 6) is 0. The number of rotatable bonds is 3. The molecule has 2 heterocycles. The summed E-state index contributed by atoms with van der Waals surface area (Å²) in [6, 6.07) is 14.0. The van der Waals surface area contributed by atoms with Gasteiger partial charge in [0, 0.05) is 30.7 Å². The molecule has 0 aliphatic carbocycles. The number of thiophene rings is 1. The summed E-state index contributed by atoms with van der Waals surface area (Å²) in [6.07, 6.45) is 0. The molecule has 1 aromatic carbocycles. The fourth-order valence-corrected chi connectivity index (χ4v) is 3.96. The third kappa shape index (κ3) is 3.20. The summed E-state index contributed by atoms with van der Waals surface area (Å²) in [5.41, 5.74) is 3.00. The lowest BCUT2D eigenvalue weighted by Gasteiger charge is -2.47. The summed E-state index contributed by atoms with van der Waals surface area (Å²) < 4.78 is 0. The van der Waals surface area contributed by atoms with E-state index in [4.69, 9.17) is 0 Å². The Morgan fingerprint density at radius 2 is 2.00 bits per heavy atom. The first kappa shape index (κ1) is 14.8. The van der Waals surface area contributed by atoms with E-state index >= 15 is 0 Å². The summed E-state index contributed by atoms with van der Waals surface area (Å²) in [5, 5.41) is 8.15. The van der Waals surface area contributed by atoms with Crippen molar-refractivity contribution >= 4 is 11.3 Å². The number of hydrogen-bond acceptors (Lipinski definition) is 3. The minimum absolute atomic E-state index is 0.162. The van der Waals surface area contributed by atoms with Crippen molar-refractivity contribution in [3.05, 3.63) is 58.3 Å². The predicted molar refractivity (Wildman–Crippen MR) is 90.7 cm³/mol. The molecular formula is C18H24N2S. The van der Waals surface area contributed by atoms with Crippen molar-refractivity contribution in [2.45, 2.75) is 38.4 Å². The van der Waals surface area contributed by atoms with Gasteiger partial charge in [0.2, 0.25) is 0 Å². The van der Waals surface area contributed by atoms with Gasteiger partial charge in [-0.15, -0.1) is 0 Å². The zero-order valence-electron chi connectivity index (χ0n) is 13.0. The van der Waals surface area contributed by atoms with E-state index in [2.05, 4.69) is 78.1 Å². The van der Waals surface area contributed by atoms with Gasteiger partial charge in [-0.2, -0.15) is 11.3 Å². The minimum atomic E-state index is 0.162. The topological polar surface area (TPSA) is 15.3 Å². The van der Waals surface area contributed by atoms with Gasteiger partial charge in [-0.3, -0.25) is 4.90 Å². The van der Waals surface area contributed by atoms with E-state index in [0.717, 1.165) is 13.1 Å². The predicted octanol–water partition coefficient (Wildman–Crippen LogP) is 4.23. The Morgan fingerprint density at radius 1 is 1.24 bits per heavy atom. The third-order valence-corrected chi connectivity index (χ3v) is 5.16. The number of benzene rings is 1. The van der Waals surface area contributed by atoms with E-state index in [1.165, 1.54) is 11.1 Å². The Morgan fingerprint density at radius 3 is 2.67 bits per heavy atom. The molecule has 0 radical (unpaired) electrons. The average Bonchev–Trinajstić information content (AvgIpc) is 3.01. The molecule has 1 aliphatic heterocycles. The largest absolute Gasteiger partial charge is 0.309 e. The van der Waals surface area contributed by atoms with Gasteiger partial charge in [-0.25, -0.2) is 0 Å². The van der Waals surface area contributed by atoms with Crippen LogP contribution in [-0.2, 0) is 0 Å². The van der Waals surface area contributed by atoms with E-state index < -0.39 is 0 Å². The van der Waals surface area contributed by atoms with Crippen LogP contribution in [0.1, 0.15) is 44.0 Å². The van der Waals surface area contributed by atoms with Crippen LogP contribution in [0.5, 0.6) is 0 Å². The summed E-state index contributed by atoms with van der Waals surface area (Å²) in [7, 11) is 0. The fraction of sp³-hybridized carbons (Fsp3) is 0.444. The molecule has 0 bridgehead atoms. The Kier molecular flexibility index (Phi) is 4.16. The Labute approximate surface area is 131 Å². The van der Waals surface area contributed by atoms with Gasteiger partial charge >= 0.3 is 0 Å². The van der Waals surface area contributed by atoms with Crippen molar-refractivity contribution in [1.29, 1.82) is 0 Å². The van der Waals surface area contributed by atoms with Crippen molar-refractivity contribution in [2.75, 3.05) is 13.1 Å². The molecule has 2 atom stereocenters. The SMILES string of the molecule is CC(c1ccsc1)N1CC(C)(C)NCC1c1ccccc1. The van der Waals surface area contributed by atoms with Crippen molar-refractivity contribution in [3.63, 3.8) is 0 Å². The number of hydrogen-bond donors (Lipinski definition) is 1. The first-order valence-corrected chi connectivity index (χ1v) is 8.59. The van der Waals surface area contributed by atoms with Crippen LogP contribution in [0.3, 0.4) is 0 Å². The normalized spacial score (nSPS) is 23.9. The molecule has 21 heavy (non-hydrogen) atoms. The molecular weight excluding hydrogens is 276 g/mol. The van der Waals surface area contributed by atoms with Crippen LogP contribution in [-0.4, -0.2) is 23.5 Å². The lowest BCUT2D eigenvalue weighted by Crippen LogP contribution is -2.58. The van der Waals surface area contributed by atoms with E-state index in [1.807, 2.05) is 0 Å². The molecule has 0 spiro atoms. The summed E-state index contributed by atoms with van der Waals surface area (Å²) in [4.78, 5) is 2.65. The standard InChI is InChI=1S/C18H24N2S/c1-14(16-9-10-21-12-16)20-13-18(2,3)19-11-17(20)15-7-5-4-6-8-15/h4-10,12,14,17,19H,11,13H2,1-3H3. The molecule has 1 aliphatic rings. The van der Waals surface area contributed by atoms with Crippen LogP contribution in [0.4, 0.5) is 0 Å². The zero-order valence-corrected chi connectivity index (χ0v) is 13.9. The molecule has 1 saturated heterocycles. The smallest absolute Gasteiger partial charge is 0.0479 e. The van der Waals surface area contributed by atoms with E-state index in [9.17, 15) is 0 Å². The summed E-state index contributed by atoms with van der Waals surface area (Å²) >= 11 is 1.79. The Balaban J connectivity index is 1.91. The first-order chi connectivity index (χ1) is 10.1. The number of nitrogens with one attached hydrogen (secondary N) is 1.